The van der Waals surface area contributed by atoms with E-state index in [0.29, 0.717) is 12.0 Å². The van der Waals surface area contributed by atoms with Gasteiger partial charge in [-0.3, -0.25) is 0 Å². The Balaban J connectivity index is 1.88. The lowest BCUT2D eigenvalue weighted by atomic mass is 9.80. The predicted octanol–water partition coefficient (Wildman–Crippen LogP) is 4.76. The molecule has 1 aliphatic carbocycles. The minimum atomic E-state index is 0.516. The van der Waals surface area contributed by atoms with Crippen molar-refractivity contribution in [3.8, 4) is 5.69 Å². The molecule has 1 heterocycles. The van der Waals surface area contributed by atoms with Crippen LogP contribution >= 0.6 is 11.6 Å². The van der Waals surface area contributed by atoms with Crippen LogP contribution in [0.15, 0.2) is 36.9 Å². The number of aromatic nitrogens is 2. The first-order valence-electron chi connectivity index (χ1n) is 7.68. The van der Waals surface area contributed by atoms with Gasteiger partial charge in [0.1, 0.15) is 0 Å². The monoisotopic (exact) mass is 303 g/mol. The average Bonchev–Trinajstić information content (AvgIpc) is 2.96. The summed E-state index contributed by atoms with van der Waals surface area (Å²) in [5.41, 5.74) is 2.08. The van der Waals surface area contributed by atoms with Crippen molar-refractivity contribution in [3.63, 3.8) is 0 Å². The SMILES string of the molecule is CC1CCC(Nc2cccc(Cl)c2-n2ccnc2)C(C)C1. The molecule has 1 saturated carbocycles. The van der Waals surface area contributed by atoms with Gasteiger partial charge in [0.25, 0.3) is 0 Å². The molecular formula is C17H22ClN3. The maximum atomic E-state index is 6.41. The van der Waals surface area contributed by atoms with Crippen LogP contribution in [0.2, 0.25) is 5.02 Å². The van der Waals surface area contributed by atoms with Crippen LogP contribution in [-0.2, 0) is 0 Å². The summed E-state index contributed by atoms with van der Waals surface area (Å²) in [6.45, 7) is 4.69. The van der Waals surface area contributed by atoms with Crippen LogP contribution < -0.4 is 5.32 Å². The molecule has 0 saturated heterocycles. The molecule has 2 aromatic rings. The third-order valence-electron chi connectivity index (χ3n) is 4.52. The van der Waals surface area contributed by atoms with E-state index in [0.717, 1.165) is 22.3 Å². The Hall–Kier alpha value is -1.48. The fourth-order valence-electron chi connectivity index (χ4n) is 3.37. The van der Waals surface area contributed by atoms with Gasteiger partial charge in [0.15, 0.2) is 0 Å². The molecule has 112 valence electrons. The number of nitrogens with one attached hydrogen (secondary N) is 1. The molecule has 1 fully saturated rings. The first-order chi connectivity index (χ1) is 10.1. The van der Waals surface area contributed by atoms with Gasteiger partial charge in [-0.1, -0.05) is 31.5 Å². The zero-order chi connectivity index (χ0) is 14.8. The van der Waals surface area contributed by atoms with Gasteiger partial charge in [0.05, 0.1) is 22.7 Å². The first kappa shape index (κ1) is 14.5. The standard InChI is InChI=1S/C17H22ClN3/c1-12-6-7-15(13(2)10-12)20-16-5-3-4-14(18)17(16)21-9-8-19-11-21/h3-5,8-9,11-13,15,20H,6-7,10H2,1-2H3. The van der Waals surface area contributed by atoms with E-state index in [2.05, 4.69) is 30.2 Å². The molecule has 0 aliphatic heterocycles. The molecule has 3 atom stereocenters. The fraction of sp³-hybridized carbons (Fsp3) is 0.471. The smallest absolute Gasteiger partial charge is 0.0992 e. The summed E-state index contributed by atoms with van der Waals surface area (Å²) in [5, 5.41) is 4.46. The molecule has 3 rings (SSSR count). The lowest BCUT2D eigenvalue weighted by Gasteiger charge is -2.34. The van der Waals surface area contributed by atoms with Crippen molar-refractivity contribution in [2.75, 3.05) is 5.32 Å². The molecule has 3 unspecified atom stereocenters. The maximum Gasteiger partial charge on any atom is 0.0992 e. The van der Waals surface area contributed by atoms with E-state index in [1.807, 2.05) is 22.9 Å². The highest BCUT2D eigenvalue weighted by Gasteiger charge is 2.26. The predicted molar refractivity (Wildman–Crippen MR) is 88.2 cm³/mol. The Bertz CT molecular complexity index is 594. The van der Waals surface area contributed by atoms with Gasteiger partial charge < -0.3 is 9.88 Å². The number of nitrogens with zero attached hydrogens (tertiary/aromatic N) is 2. The van der Waals surface area contributed by atoms with Gasteiger partial charge in [0.2, 0.25) is 0 Å². The summed E-state index contributed by atoms with van der Waals surface area (Å²) in [4.78, 5) is 4.13. The lowest BCUT2D eigenvalue weighted by molar-refractivity contribution is 0.276. The van der Waals surface area contributed by atoms with E-state index in [1.165, 1.54) is 19.3 Å². The van der Waals surface area contributed by atoms with Crippen LogP contribution in [0, 0.1) is 11.8 Å². The lowest BCUT2D eigenvalue weighted by Crippen LogP contribution is -2.33. The van der Waals surface area contributed by atoms with Crippen molar-refractivity contribution in [2.45, 2.75) is 39.2 Å². The molecule has 3 nitrogen and oxygen atoms in total. The molecule has 1 aliphatic rings. The van der Waals surface area contributed by atoms with Crippen molar-refractivity contribution in [1.82, 2.24) is 9.55 Å². The van der Waals surface area contributed by atoms with Gasteiger partial charge >= 0.3 is 0 Å². The number of para-hydroxylation sites is 1. The summed E-state index contributed by atoms with van der Waals surface area (Å²) in [6.07, 6.45) is 9.30. The van der Waals surface area contributed by atoms with Crippen LogP contribution in [-0.4, -0.2) is 15.6 Å². The minimum absolute atomic E-state index is 0.516. The summed E-state index contributed by atoms with van der Waals surface area (Å²) in [5.74, 6) is 1.52. The van der Waals surface area contributed by atoms with Crippen LogP contribution in [0.3, 0.4) is 0 Å². The minimum Gasteiger partial charge on any atom is -0.380 e. The number of rotatable bonds is 3. The number of imidazole rings is 1. The largest absolute Gasteiger partial charge is 0.380 e. The number of benzene rings is 1. The van der Waals surface area contributed by atoms with E-state index in [-0.39, 0.29) is 0 Å². The average molecular weight is 304 g/mol. The fourth-order valence-corrected chi connectivity index (χ4v) is 3.64. The van der Waals surface area contributed by atoms with Crippen molar-refractivity contribution < 1.29 is 0 Å². The van der Waals surface area contributed by atoms with Gasteiger partial charge in [-0.05, 0) is 43.2 Å². The summed E-state index contributed by atoms with van der Waals surface area (Å²) in [6, 6.07) is 6.55. The van der Waals surface area contributed by atoms with Crippen molar-refractivity contribution in [3.05, 3.63) is 41.9 Å². The number of hydrogen-bond acceptors (Lipinski definition) is 2. The molecule has 0 amide bonds. The number of anilines is 1. The number of hydrogen-bond donors (Lipinski definition) is 1. The van der Waals surface area contributed by atoms with Gasteiger partial charge in [-0.15, -0.1) is 0 Å². The molecule has 4 heteroatoms. The van der Waals surface area contributed by atoms with Gasteiger partial charge in [-0.25, -0.2) is 4.98 Å². The zero-order valence-corrected chi connectivity index (χ0v) is 13.3. The Morgan fingerprint density at radius 3 is 2.86 bits per heavy atom. The molecule has 1 N–H and O–H groups in total. The first-order valence-corrected chi connectivity index (χ1v) is 8.06. The van der Waals surface area contributed by atoms with Crippen LogP contribution in [0.4, 0.5) is 5.69 Å². The van der Waals surface area contributed by atoms with Crippen LogP contribution in [0.1, 0.15) is 33.1 Å². The molecule has 0 bridgehead atoms. The van der Waals surface area contributed by atoms with E-state index < -0.39 is 0 Å². The third kappa shape index (κ3) is 3.08. The second kappa shape index (κ2) is 6.10. The second-order valence-electron chi connectivity index (χ2n) is 6.25. The highest BCUT2D eigenvalue weighted by molar-refractivity contribution is 6.33. The topological polar surface area (TPSA) is 29.9 Å². The van der Waals surface area contributed by atoms with Crippen molar-refractivity contribution in [2.24, 2.45) is 11.8 Å². The normalized spacial score (nSPS) is 25.8. The van der Waals surface area contributed by atoms with Crippen molar-refractivity contribution >= 4 is 17.3 Å². The Labute approximate surface area is 131 Å². The molecule has 21 heavy (non-hydrogen) atoms. The Kier molecular flexibility index (Phi) is 4.20. The van der Waals surface area contributed by atoms with Gasteiger partial charge in [0, 0.05) is 18.4 Å². The molecule has 0 spiro atoms. The Morgan fingerprint density at radius 1 is 1.29 bits per heavy atom. The maximum absolute atomic E-state index is 6.41. The molecular weight excluding hydrogens is 282 g/mol. The quantitative estimate of drug-likeness (QED) is 0.885. The highest BCUT2D eigenvalue weighted by Crippen LogP contribution is 2.34. The molecule has 1 aromatic heterocycles. The highest BCUT2D eigenvalue weighted by atomic mass is 35.5. The van der Waals surface area contributed by atoms with Crippen molar-refractivity contribution in [1.29, 1.82) is 0 Å². The second-order valence-corrected chi connectivity index (χ2v) is 6.66. The van der Waals surface area contributed by atoms with Crippen LogP contribution in [0.5, 0.6) is 0 Å². The van der Waals surface area contributed by atoms with E-state index in [9.17, 15) is 0 Å². The van der Waals surface area contributed by atoms with E-state index in [4.69, 9.17) is 11.6 Å². The summed E-state index contributed by atoms with van der Waals surface area (Å²) in [7, 11) is 0. The third-order valence-corrected chi connectivity index (χ3v) is 4.83. The Morgan fingerprint density at radius 2 is 2.14 bits per heavy atom. The molecule has 0 radical (unpaired) electrons. The van der Waals surface area contributed by atoms with Gasteiger partial charge in [-0.2, -0.15) is 0 Å². The summed E-state index contributed by atoms with van der Waals surface area (Å²) >= 11 is 6.41. The van der Waals surface area contributed by atoms with E-state index >= 15 is 0 Å². The molecule has 1 aromatic carbocycles. The van der Waals surface area contributed by atoms with E-state index in [1.54, 1.807) is 12.5 Å². The van der Waals surface area contributed by atoms with Crippen LogP contribution in [0.25, 0.3) is 5.69 Å². The number of halogens is 1. The zero-order valence-electron chi connectivity index (χ0n) is 12.6. The summed E-state index contributed by atoms with van der Waals surface area (Å²) < 4.78 is 1.97.